The van der Waals surface area contributed by atoms with Crippen molar-refractivity contribution >= 4 is 17.6 Å². The Morgan fingerprint density at radius 3 is 2.55 bits per heavy atom. The van der Waals surface area contributed by atoms with Gasteiger partial charge in [0.25, 0.3) is 0 Å². The van der Waals surface area contributed by atoms with Crippen LogP contribution in [0.15, 0.2) is 42.6 Å². The predicted molar refractivity (Wildman–Crippen MR) is 78.9 cm³/mol. The Morgan fingerprint density at radius 1 is 1.30 bits per heavy atom. The second-order valence-electron chi connectivity index (χ2n) is 4.45. The summed E-state index contributed by atoms with van der Waals surface area (Å²) >= 11 is 5.86. The zero-order valence-corrected chi connectivity index (χ0v) is 11.8. The summed E-state index contributed by atoms with van der Waals surface area (Å²) in [5, 5.41) is 12.2. The molecule has 1 unspecified atom stereocenters. The standard InChI is InChI=1S/C15H15ClN2O2/c1-17-13(15(19)20)8-10-2-4-11(5-3-10)12-6-7-18-14(16)9-12/h2-7,9,13,17H,8H2,1H3,(H,19,20). The number of aliphatic carboxylic acids is 1. The number of likely N-dealkylation sites (N-methyl/N-ethyl adjacent to an activating group) is 1. The van der Waals surface area contributed by atoms with Gasteiger partial charge in [0.2, 0.25) is 0 Å². The van der Waals surface area contributed by atoms with Crippen molar-refractivity contribution in [3.63, 3.8) is 0 Å². The van der Waals surface area contributed by atoms with E-state index in [2.05, 4.69) is 10.3 Å². The van der Waals surface area contributed by atoms with Gasteiger partial charge in [-0.3, -0.25) is 4.79 Å². The molecule has 1 atom stereocenters. The van der Waals surface area contributed by atoms with Gasteiger partial charge in [0, 0.05) is 6.20 Å². The third-order valence-corrected chi connectivity index (χ3v) is 3.31. The summed E-state index contributed by atoms with van der Waals surface area (Å²) in [6, 6.07) is 10.9. The van der Waals surface area contributed by atoms with Crippen molar-refractivity contribution in [1.29, 1.82) is 0 Å². The lowest BCUT2D eigenvalue weighted by Crippen LogP contribution is -2.35. The summed E-state index contributed by atoms with van der Waals surface area (Å²) < 4.78 is 0. The molecule has 2 N–H and O–H groups in total. The van der Waals surface area contributed by atoms with Gasteiger partial charge in [0.1, 0.15) is 11.2 Å². The Kier molecular flexibility index (Phi) is 4.71. The number of halogens is 1. The van der Waals surface area contributed by atoms with Crippen LogP contribution >= 0.6 is 11.6 Å². The quantitative estimate of drug-likeness (QED) is 0.831. The fourth-order valence-corrected chi connectivity index (χ4v) is 2.14. The maximum atomic E-state index is 11.0. The minimum absolute atomic E-state index is 0.448. The normalized spacial score (nSPS) is 12.1. The number of hydrogen-bond donors (Lipinski definition) is 2. The Balaban J connectivity index is 2.16. The van der Waals surface area contributed by atoms with Gasteiger partial charge in [-0.15, -0.1) is 0 Å². The number of hydrogen-bond acceptors (Lipinski definition) is 3. The smallest absolute Gasteiger partial charge is 0.321 e. The molecule has 0 saturated heterocycles. The molecule has 5 heteroatoms. The minimum atomic E-state index is -0.850. The van der Waals surface area contributed by atoms with Crippen LogP contribution in [0.1, 0.15) is 5.56 Å². The second kappa shape index (κ2) is 6.50. The summed E-state index contributed by atoms with van der Waals surface area (Å²) in [5.74, 6) is -0.850. The molecule has 1 aromatic heterocycles. The van der Waals surface area contributed by atoms with Crippen LogP contribution in [0.4, 0.5) is 0 Å². The molecule has 0 radical (unpaired) electrons. The molecule has 2 rings (SSSR count). The molecule has 104 valence electrons. The van der Waals surface area contributed by atoms with E-state index < -0.39 is 12.0 Å². The number of carbonyl (C=O) groups is 1. The molecule has 4 nitrogen and oxygen atoms in total. The number of nitrogens with one attached hydrogen (secondary N) is 1. The van der Waals surface area contributed by atoms with Crippen LogP contribution in [-0.4, -0.2) is 29.1 Å². The van der Waals surface area contributed by atoms with E-state index in [0.29, 0.717) is 11.6 Å². The first-order valence-electron chi connectivity index (χ1n) is 6.21. The van der Waals surface area contributed by atoms with Crippen LogP contribution in [0.5, 0.6) is 0 Å². The Morgan fingerprint density at radius 2 is 2.00 bits per heavy atom. The third-order valence-electron chi connectivity index (χ3n) is 3.10. The average Bonchev–Trinajstić information content (AvgIpc) is 2.45. The van der Waals surface area contributed by atoms with Crippen LogP contribution in [0, 0.1) is 0 Å². The van der Waals surface area contributed by atoms with Crippen molar-refractivity contribution in [3.8, 4) is 11.1 Å². The Labute approximate surface area is 122 Å². The number of carboxylic acid groups (broad SMARTS) is 1. The van der Waals surface area contributed by atoms with Crippen LogP contribution in [0.2, 0.25) is 5.15 Å². The number of benzene rings is 1. The van der Waals surface area contributed by atoms with E-state index in [4.69, 9.17) is 16.7 Å². The lowest BCUT2D eigenvalue weighted by Gasteiger charge is -2.11. The molecule has 1 heterocycles. The predicted octanol–water partition coefficient (Wildman–Crippen LogP) is 2.62. The summed E-state index contributed by atoms with van der Waals surface area (Å²) in [6.45, 7) is 0. The first-order chi connectivity index (χ1) is 9.60. The maximum Gasteiger partial charge on any atom is 0.321 e. The van der Waals surface area contributed by atoms with Crippen molar-refractivity contribution in [1.82, 2.24) is 10.3 Å². The molecule has 0 aliphatic rings. The maximum absolute atomic E-state index is 11.0. The number of carboxylic acids is 1. The lowest BCUT2D eigenvalue weighted by molar-refractivity contribution is -0.139. The van der Waals surface area contributed by atoms with Gasteiger partial charge >= 0.3 is 5.97 Å². The van der Waals surface area contributed by atoms with Crippen molar-refractivity contribution in [2.24, 2.45) is 0 Å². The van der Waals surface area contributed by atoms with Crippen LogP contribution in [0.25, 0.3) is 11.1 Å². The minimum Gasteiger partial charge on any atom is -0.480 e. The summed E-state index contributed by atoms with van der Waals surface area (Å²) in [7, 11) is 1.64. The molecule has 0 fully saturated rings. The van der Waals surface area contributed by atoms with Crippen molar-refractivity contribution in [2.45, 2.75) is 12.5 Å². The lowest BCUT2D eigenvalue weighted by atomic mass is 10.0. The van der Waals surface area contributed by atoms with Gasteiger partial charge < -0.3 is 10.4 Å². The van der Waals surface area contributed by atoms with Crippen LogP contribution in [0.3, 0.4) is 0 Å². The van der Waals surface area contributed by atoms with Gasteiger partial charge in [-0.25, -0.2) is 4.98 Å². The molecule has 0 bridgehead atoms. The van der Waals surface area contributed by atoms with E-state index in [-0.39, 0.29) is 0 Å². The van der Waals surface area contributed by atoms with Crippen LogP contribution < -0.4 is 5.32 Å². The van der Waals surface area contributed by atoms with Gasteiger partial charge in [-0.2, -0.15) is 0 Å². The van der Waals surface area contributed by atoms with Gasteiger partial charge in [-0.1, -0.05) is 35.9 Å². The largest absolute Gasteiger partial charge is 0.480 e. The van der Waals surface area contributed by atoms with E-state index in [9.17, 15) is 4.79 Å². The molecule has 2 aromatic rings. The first kappa shape index (κ1) is 14.5. The molecule has 0 spiro atoms. The first-order valence-corrected chi connectivity index (χ1v) is 6.59. The molecule has 20 heavy (non-hydrogen) atoms. The molecular weight excluding hydrogens is 276 g/mol. The van der Waals surface area contributed by atoms with E-state index in [1.165, 1.54) is 0 Å². The summed E-state index contributed by atoms with van der Waals surface area (Å²) in [4.78, 5) is 14.9. The van der Waals surface area contributed by atoms with Crippen molar-refractivity contribution in [2.75, 3.05) is 7.05 Å². The molecule has 0 aliphatic heterocycles. The Hall–Kier alpha value is -1.91. The van der Waals surface area contributed by atoms with Gasteiger partial charge in [0.05, 0.1) is 0 Å². The molecular formula is C15H15ClN2O2. The highest BCUT2D eigenvalue weighted by molar-refractivity contribution is 6.29. The fourth-order valence-electron chi connectivity index (χ4n) is 1.96. The number of aromatic nitrogens is 1. The van der Waals surface area contributed by atoms with Gasteiger partial charge in [-0.05, 0) is 42.3 Å². The molecule has 0 aliphatic carbocycles. The van der Waals surface area contributed by atoms with Crippen LogP contribution in [-0.2, 0) is 11.2 Å². The third kappa shape index (κ3) is 3.56. The zero-order valence-electron chi connectivity index (χ0n) is 11.0. The van der Waals surface area contributed by atoms with Crippen molar-refractivity contribution in [3.05, 3.63) is 53.3 Å². The topological polar surface area (TPSA) is 62.2 Å². The number of nitrogens with zero attached hydrogens (tertiary/aromatic N) is 1. The monoisotopic (exact) mass is 290 g/mol. The van der Waals surface area contributed by atoms with E-state index in [0.717, 1.165) is 16.7 Å². The second-order valence-corrected chi connectivity index (χ2v) is 4.84. The highest BCUT2D eigenvalue weighted by Gasteiger charge is 2.15. The SMILES string of the molecule is CNC(Cc1ccc(-c2ccnc(Cl)c2)cc1)C(=O)O. The van der Waals surface area contributed by atoms with E-state index >= 15 is 0 Å². The fraction of sp³-hybridized carbons (Fsp3) is 0.200. The highest BCUT2D eigenvalue weighted by atomic mass is 35.5. The molecule has 0 amide bonds. The number of rotatable bonds is 5. The molecule has 0 saturated carbocycles. The van der Waals surface area contributed by atoms with E-state index in [1.54, 1.807) is 19.3 Å². The van der Waals surface area contributed by atoms with E-state index in [1.807, 2.05) is 30.3 Å². The van der Waals surface area contributed by atoms with Gasteiger partial charge in [0.15, 0.2) is 0 Å². The average molecular weight is 291 g/mol. The number of pyridine rings is 1. The summed E-state index contributed by atoms with van der Waals surface area (Å²) in [6.07, 6.45) is 2.11. The highest BCUT2D eigenvalue weighted by Crippen LogP contribution is 2.22. The zero-order chi connectivity index (χ0) is 14.5. The Bertz CT molecular complexity index is 599. The summed E-state index contributed by atoms with van der Waals surface area (Å²) in [5.41, 5.74) is 2.98. The molecule has 1 aromatic carbocycles. The van der Waals surface area contributed by atoms with Crippen molar-refractivity contribution < 1.29 is 9.90 Å².